The van der Waals surface area contributed by atoms with Crippen LogP contribution >= 0.6 is 15.9 Å². The molecule has 2 heterocycles. The van der Waals surface area contributed by atoms with Gasteiger partial charge in [-0.3, -0.25) is 0 Å². The van der Waals surface area contributed by atoms with Gasteiger partial charge in [0.2, 0.25) is 0 Å². The second-order valence-electron chi connectivity index (χ2n) is 6.37. The molecule has 116 valence electrons. The molecule has 0 saturated carbocycles. The fraction of sp³-hybridized carbons (Fsp3) is 0.625. The first-order chi connectivity index (χ1) is 9.97. The van der Waals surface area contributed by atoms with E-state index in [9.17, 15) is 0 Å². The highest BCUT2D eigenvalue weighted by Crippen LogP contribution is 2.40. The maximum absolute atomic E-state index is 5.67. The predicted molar refractivity (Wildman–Crippen MR) is 82.1 cm³/mol. The van der Waals surface area contributed by atoms with E-state index in [2.05, 4.69) is 48.8 Å². The van der Waals surface area contributed by atoms with Crippen molar-refractivity contribution in [3.63, 3.8) is 0 Å². The molecule has 2 saturated heterocycles. The Morgan fingerprint density at radius 3 is 1.57 bits per heavy atom. The van der Waals surface area contributed by atoms with Crippen LogP contribution < -0.4 is 0 Å². The molecule has 3 rings (SSSR count). The molecule has 2 aliphatic heterocycles. The molecule has 0 radical (unpaired) electrons. The first-order valence-corrected chi connectivity index (χ1v) is 8.06. The minimum absolute atomic E-state index is 0.0292. The Morgan fingerprint density at radius 2 is 1.24 bits per heavy atom. The van der Waals surface area contributed by atoms with E-state index in [1.54, 1.807) is 0 Å². The maximum Gasteiger partial charge on any atom is 0.185 e. The van der Waals surface area contributed by atoms with E-state index in [1.807, 2.05) is 0 Å². The summed E-state index contributed by atoms with van der Waals surface area (Å²) in [5.74, 6) is 0. The molecule has 4 nitrogen and oxygen atoms in total. The zero-order valence-corrected chi connectivity index (χ0v) is 14.2. The third-order valence-corrected chi connectivity index (χ3v) is 4.66. The van der Waals surface area contributed by atoms with E-state index in [0.29, 0.717) is 26.4 Å². The molecular formula is C16H21BrO4. The summed E-state index contributed by atoms with van der Waals surface area (Å²) in [6.07, 6.45) is -0.636. The molecule has 2 aliphatic rings. The van der Waals surface area contributed by atoms with Gasteiger partial charge in [-0.05, 0) is 39.0 Å². The van der Waals surface area contributed by atoms with Gasteiger partial charge < -0.3 is 18.9 Å². The van der Waals surface area contributed by atoms with Crippen LogP contribution in [0.4, 0.5) is 0 Å². The van der Waals surface area contributed by atoms with Gasteiger partial charge in [0.05, 0.1) is 26.4 Å². The molecule has 0 N–H and O–H groups in total. The smallest absolute Gasteiger partial charge is 0.185 e. The van der Waals surface area contributed by atoms with Gasteiger partial charge in [0, 0.05) is 15.6 Å². The van der Waals surface area contributed by atoms with Gasteiger partial charge in [-0.15, -0.1) is 0 Å². The average Bonchev–Trinajstić information content (AvgIpc) is 3.11. The van der Waals surface area contributed by atoms with Crippen molar-refractivity contribution in [2.45, 2.75) is 38.8 Å². The summed E-state index contributed by atoms with van der Waals surface area (Å²) in [4.78, 5) is 0. The minimum atomic E-state index is -0.318. The number of rotatable bonds is 2. The quantitative estimate of drug-likeness (QED) is 0.806. The van der Waals surface area contributed by atoms with Crippen molar-refractivity contribution in [2.24, 2.45) is 0 Å². The molecule has 0 bridgehead atoms. The molecule has 2 fully saturated rings. The van der Waals surface area contributed by atoms with E-state index in [4.69, 9.17) is 18.9 Å². The summed E-state index contributed by atoms with van der Waals surface area (Å²) >= 11 is 3.68. The normalized spacial score (nSPS) is 21.3. The Morgan fingerprint density at radius 1 is 0.857 bits per heavy atom. The Bertz CT molecular complexity index is 474. The largest absolute Gasteiger partial charge is 0.346 e. The third kappa shape index (κ3) is 3.17. The lowest BCUT2D eigenvalue weighted by Gasteiger charge is -2.25. The highest BCUT2D eigenvalue weighted by atomic mass is 79.9. The summed E-state index contributed by atoms with van der Waals surface area (Å²) in [6, 6.07) is 4.30. The number of hydrogen-bond donors (Lipinski definition) is 0. The van der Waals surface area contributed by atoms with Crippen molar-refractivity contribution >= 4 is 15.9 Å². The van der Waals surface area contributed by atoms with Crippen molar-refractivity contribution in [2.75, 3.05) is 26.4 Å². The SMILES string of the molecule is CC(C)(C)c1cc(C2OCCO2)c(Br)c(C2OCCO2)c1. The van der Waals surface area contributed by atoms with E-state index in [0.717, 1.165) is 15.6 Å². The van der Waals surface area contributed by atoms with Crippen molar-refractivity contribution < 1.29 is 18.9 Å². The van der Waals surface area contributed by atoms with Crippen LogP contribution in [0, 0.1) is 0 Å². The topological polar surface area (TPSA) is 36.9 Å². The Kier molecular flexibility index (Phi) is 4.39. The lowest BCUT2D eigenvalue weighted by molar-refractivity contribution is -0.0504. The van der Waals surface area contributed by atoms with Crippen molar-refractivity contribution in [3.05, 3.63) is 33.3 Å². The zero-order chi connectivity index (χ0) is 15.0. The molecule has 1 aromatic carbocycles. The van der Waals surface area contributed by atoms with Crippen LogP contribution in [0.1, 0.15) is 50.0 Å². The number of ether oxygens (including phenoxy) is 4. The maximum atomic E-state index is 5.67. The lowest BCUT2D eigenvalue weighted by atomic mass is 9.85. The fourth-order valence-corrected chi connectivity index (χ4v) is 3.12. The average molecular weight is 357 g/mol. The van der Waals surface area contributed by atoms with Crippen LogP contribution in [-0.2, 0) is 24.4 Å². The molecule has 0 atom stereocenters. The van der Waals surface area contributed by atoms with E-state index >= 15 is 0 Å². The Balaban J connectivity index is 2.07. The lowest BCUT2D eigenvalue weighted by Crippen LogP contribution is -2.15. The molecule has 21 heavy (non-hydrogen) atoms. The molecule has 0 amide bonds. The zero-order valence-electron chi connectivity index (χ0n) is 12.6. The Hall–Kier alpha value is -0.460. The van der Waals surface area contributed by atoms with Gasteiger partial charge >= 0.3 is 0 Å². The van der Waals surface area contributed by atoms with Gasteiger partial charge in [-0.1, -0.05) is 20.8 Å². The molecule has 0 aromatic heterocycles. The monoisotopic (exact) mass is 356 g/mol. The summed E-state index contributed by atoms with van der Waals surface area (Å²) in [6.45, 7) is 9.08. The van der Waals surface area contributed by atoms with Crippen LogP contribution in [0.2, 0.25) is 0 Å². The van der Waals surface area contributed by atoms with Crippen LogP contribution in [-0.4, -0.2) is 26.4 Å². The Labute approximate surface area is 133 Å². The van der Waals surface area contributed by atoms with Gasteiger partial charge in [-0.2, -0.15) is 0 Å². The highest BCUT2D eigenvalue weighted by Gasteiger charge is 2.29. The number of hydrogen-bond acceptors (Lipinski definition) is 4. The molecule has 5 heteroatoms. The van der Waals surface area contributed by atoms with Gasteiger partial charge in [0.1, 0.15) is 0 Å². The third-order valence-electron chi connectivity index (χ3n) is 3.75. The summed E-state index contributed by atoms with van der Waals surface area (Å²) in [7, 11) is 0. The van der Waals surface area contributed by atoms with E-state index in [1.165, 1.54) is 5.56 Å². The molecule has 1 aromatic rings. The van der Waals surface area contributed by atoms with E-state index in [-0.39, 0.29) is 18.0 Å². The van der Waals surface area contributed by atoms with Gasteiger partial charge in [0.15, 0.2) is 12.6 Å². The first kappa shape index (κ1) is 15.4. The number of benzene rings is 1. The fourth-order valence-electron chi connectivity index (χ4n) is 2.52. The van der Waals surface area contributed by atoms with Crippen molar-refractivity contribution in [1.82, 2.24) is 0 Å². The van der Waals surface area contributed by atoms with Crippen molar-refractivity contribution in [3.8, 4) is 0 Å². The predicted octanol–water partition coefficient (Wildman–Crippen LogP) is 3.84. The van der Waals surface area contributed by atoms with Crippen LogP contribution in [0.5, 0.6) is 0 Å². The highest BCUT2D eigenvalue weighted by molar-refractivity contribution is 9.10. The molecular weight excluding hydrogens is 336 g/mol. The van der Waals surface area contributed by atoms with Crippen LogP contribution in [0.15, 0.2) is 16.6 Å². The second kappa shape index (κ2) is 5.97. The second-order valence-corrected chi connectivity index (χ2v) is 7.16. The standard InChI is InChI=1S/C16H21BrO4/c1-16(2,3)10-8-11(14-18-4-5-19-14)13(17)12(9-10)15-20-6-7-21-15/h8-9,14-15H,4-7H2,1-3H3. The van der Waals surface area contributed by atoms with Gasteiger partial charge in [0.25, 0.3) is 0 Å². The van der Waals surface area contributed by atoms with Crippen LogP contribution in [0.3, 0.4) is 0 Å². The molecule has 0 unspecified atom stereocenters. The summed E-state index contributed by atoms with van der Waals surface area (Å²) < 4.78 is 23.6. The van der Waals surface area contributed by atoms with Gasteiger partial charge in [-0.25, -0.2) is 0 Å². The van der Waals surface area contributed by atoms with Crippen LogP contribution in [0.25, 0.3) is 0 Å². The molecule has 0 aliphatic carbocycles. The minimum Gasteiger partial charge on any atom is -0.346 e. The summed E-state index contributed by atoms with van der Waals surface area (Å²) in [5.41, 5.74) is 3.26. The summed E-state index contributed by atoms with van der Waals surface area (Å²) in [5, 5.41) is 0. The first-order valence-electron chi connectivity index (χ1n) is 7.27. The van der Waals surface area contributed by atoms with Crippen molar-refractivity contribution in [1.29, 1.82) is 0 Å². The molecule has 0 spiro atoms. The number of halogens is 1. The van der Waals surface area contributed by atoms with E-state index < -0.39 is 0 Å².